The lowest BCUT2D eigenvalue weighted by atomic mass is 10.2. The number of hydrogen-bond donors (Lipinski definition) is 2. The van der Waals surface area contributed by atoms with Crippen LogP contribution in [0, 0.1) is 6.92 Å². The third kappa shape index (κ3) is 2.97. The van der Waals surface area contributed by atoms with E-state index in [0.29, 0.717) is 12.1 Å². The molecule has 2 N–H and O–H groups in total. The van der Waals surface area contributed by atoms with E-state index in [0.717, 1.165) is 29.5 Å². The first-order chi connectivity index (χ1) is 10.2. The predicted molar refractivity (Wildman–Crippen MR) is 81.4 cm³/mol. The van der Waals surface area contributed by atoms with Gasteiger partial charge in [-0.1, -0.05) is 6.07 Å². The van der Waals surface area contributed by atoms with Crippen LogP contribution in [0.4, 0.5) is 0 Å². The van der Waals surface area contributed by atoms with E-state index in [-0.39, 0.29) is 5.91 Å². The minimum Gasteiger partial charge on any atom is -0.352 e. The number of carbonyl (C=O) groups excluding carboxylic acids is 1. The summed E-state index contributed by atoms with van der Waals surface area (Å²) < 4.78 is 1.98. The van der Waals surface area contributed by atoms with Crippen LogP contribution in [0.3, 0.4) is 0 Å². The zero-order valence-corrected chi connectivity index (χ0v) is 12.0. The largest absolute Gasteiger partial charge is 0.352 e. The SMILES string of the molecule is Cc1cccn2cc(C(=O)NCCCc3cn[nH]c3)cc12. The number of nitrogens with one attached hydrogen (secondary N) is 2. The van der Waals surface area contributed by atoms with Gasteiger partial charge < -0.3 is 9.72 Å². The van der Waals surface area contributed by atoms with Crippen molar-refractivity contribution in [2.75, 3.05) is 6.54 Å². The van der Waals surface area contributed by atoms with Gasteiger partial charge in [-0.15, -0.1) is 0 Å². The number of fused-ring (bicyclic) bond motifs is 1. The van der Waals surface area contributed by atoms with E-state index >= 15 is 0 Å². The summed E-state index contributed by atoms with van der Waals surface area (Å²) >= 11 is 0. The van der Waals surface area contributed by atoms with E-state index in [4.69, 9.17) is 0 Å². The fourth-order valence-corrected chi connectivity index (χ4v) is 2.42. The number of aromatic amines is 1. The fraction of sp³-hybridized carbons (Fsp3) is 0.250. The van der Waals surface area contributed by atoms with Crippen LogP contribution in [-0.2, 0) is 6.42 Å². The van der Waals surface area contributed by atoms with Gasteiger partial charge in [0.25, 0.3) is 5.91 Å². The third-order valence-corrected chi connectivity index (χ3v) is 3.59. The number of amides is 1. The zero-order valence-electron chi connectivity index (χ0n) is 12.0. The van der Waals surface area contributed by atoms with Crippen molar-refractivity contribution in [2.24, 2.45) is 0 Å². The molecule has 5 nitrogen and oxygen atoms in total. The molecule has 0 aliphatic heterocycles. The van der Waals surface area contributed by atoms with Crippen LogP contribution in [0.5, 0.6) is 0 Å². The highest BCUT2D eigenvalue weighted by Crippen LogP contribution is 2.14. The summed E-state index contributed by atoms with van der Waals surface area (Å²) in [6.45, 7) is 2.71. The predicted octanol–water partition coefficient (Wildman–Crippen LogP) is 2.33. The Balaban J connectivity index is 1.58. The second-order valence-electron chi connectivity index (χ2n) is 5.18. The Labute approximate surface area is 123 Å². The molecule has 0 saturated carbocycles. The first-order valence-corrected chi connectivity index (χ1v) is 7.07. The van der Waals surface area contributed by atoms with Crippen LogP contribution < -0.4 is 5.32 Å². The van der Waals surface area contributed by atoms with Gasteiger partial charge in [0.05, 0.1) is 11.8 Å². The number of aromatic nitrogens is 3. The first kappa shape index (κ1) is 13.4. The number of rotatable bonds is 5. The fourth-order valence-electron chi connectivity index (χ4n) is 2.42. The maximum absolute atomic E-state index is 12.1. The highest BCUT2D eigenvalue weighted by molar-refractivity contribution is 5.95. The normalized spacial score (nSPS) is 10.9. The second kappa shape index (κ2) is 5.83. The third-order valence-electron chi connectivity index (χ3n) is 3.59. The Morgan fingerprint density at radius 3 is 3.14 bits per heavy atom. The minimum atomic E-state index is -0.0229. The van der Waals surface area contributed by atoms with Crippen molar-refractivity contribution in [1.29, 1.82) is 0 Å². The molecule has 1 amide bonds. The molecule has 0 atom stereocenters. The Kier molecular flexibility index (Phi) is 3.73. The summed E-state index contributed by atoms with van der Waals surface area (Å²) in [5.74, 6) is -0.0229. The quantitative estimate of drug-likeness (QED) is 0.706. The molecule has 0 aliphatic rings. The van der Waals surface area contributed by atoms with Crippen LogP contribution in [-0.4, -0.2) is 27.0 Å². The Morgan fingerprint density at radius 1 is 1.48 bits per heavy atom. The van der Waals surface area contributed by atoms with Crippen molar-refractivity contribution in [2.45, 2.75) is 19.8 Å². The summed E-state index contributed by atoms with van der Waals surface area (Å²) in [6, 6.07) is 5.96. The average Bonchev–Trinajstić information content (AvgIpc) is 3.13. The number of hydrogen-bond acceptors (Lipinski definition) is 2. The van der Waals surface area contributed by atoms with Gasteiger partial charge in [0.15, 0.2) is 0 Å². The summed E-state index contributed by atoms with van der Waals surface area (Å²) in [5.41, 5.74) is 4.10. The van der Waals surface area contributed by atoms with Crippen molar-refractivity contribution in [3.05, 3.63) is 59.7 Å². The molecule has 0 bridgehead atoms. The van der Waals surface area contributed by atoms with E-state index in [1.165, 1.54) is 0 Å². The second-order valence-corrected chi connectivity index (χ2v) is 5.18. The highest BCUT2D eigenvalue weighted by atomic mass is 16.1. The number of pyridine rings is 1. The van der Waals surface area contributed by atoms with Crippen molar-refractivity contribution in [3.8, 4) is 0 Å². The van der Waals surface area contributed by atoms with Crippen LogP contribution in [0.2, 0.25) is 0 Å². The lowest BCUT2D eigenvalue weighted by Gasteiger charge is -2.02. The van der Waals surface area contributed by atoms with Gasteiger partial charge in [0.1, 0.15) is 0 Å². The molecule has 0 saturated heterocycles. The van der Waals surface area contributed by atoms with E-state index < -0.39 is 0 Å². The lowest BCUT2D eigenvalue weighted by Crippen LogP contribution is -2.24. The number of aryl methyl sites for hydroxylation is 2. The summed E-state index contributed by atoms with van der Waals surface area (Å²) in [5, 5.41) is 9.65. The topological polar surface area (TPSA) is 62.2 Å². The van der Waals surface area contributed by atoms with Gasteiger partial charge >= 0.3 is 0 Å². The van der Waals surface area contributed by atoms with Gasteiger partial charge in [0, 0.05) is 30.7 Å². The van der Waals surface area contributed by atoms with Crippen LogP contribution >= 0.6 is 0 Å². The van der Waals surface area contributed by atoms with Gasteiger partial charge in [-0.25, -0.2) is 0 Å². The monoisotopic (exact) mass is 282 g/mol. The van der Waals surface area contributed by atoms with Crippen molar-refractivity contribution >= 4 is 11.4 Å². The average molecular weight is 282 g/mol. The molecule has 0 radical (unpaired) electrons. The molecule has 0 fully saturated rings. The molecule has 3 aromatic heterocycles. The maximum Gasteiger partial charge on any atom is 0.252 e. The van der Waals surface area contributed by atoms with Crippen LogP contribution in [0.1, 0.15) is 27.9 Å². The van der Waals surface area contributed by atoms with E-state index in [1.54, 1.807) is 0 Å². The van der Waals surface area contributed by atoms with Crippen molar-refractivity contribution in [3.63, 3.8) is 0 Å². The molecule has 0 aromatic carbocycles. The molecule has 3 heterocycles. The highest BCUT2D eigenvalue weighted by Gasteiger charge is 2.09. The molecule has 0 spiro atoms. The molecule has 3 aromatic rings. The van der Waals surface area contributed by atoms with Gasteiger partial charge in [0.2, 0.25) is 0 Å². The molecule has 0 unspecified atom stereocenters. The van der Waals surface area contributed by atoms with Gasteiger partial charge in [-0.05, 0) is 43.0 Å². The van der Waals surface area contributed by atoms with Crippen LogP contribution in [0.15, 0.2) is 43.0 Å². The molecule has 108 valence electrons. The van der Waals surface area contributed by atoms with Gasteiger partial charge in [-0.3, -0.25) is 9.89 Å². The molecule has 21 heavy (non-hydrogen) atoms. The molecule has 3 rings (SSSR count). The molecular weight excluding hydrogens is 264 g/mol. The number of carbonyl (C=O) groups is 1. The Hall–Kier alpha value is -2.56. The maximum atomic E-state index is 12.1. The number of H-pyrrole nitrogens is 1. The molecule has 0 aliphatic carbocycles. The zero-order chi connectivity index (χ0) is 14.7. The van der Waals surface area contributed by atoms with Crippen molar-refractivity contribution in [1.82, 2.24) is 19.9 Å². The molecular formula is C16H18N4O. The minimum absolute atomic E-state index is 0.0229. The Bertz CT molecular complexity index is 743. The summed E-state index contributed by atoms with van der Waals surface area (Å²) in [4.78, 5) is 12.1. The lowest BCUT2D eigenvalue weighted by molar-refractivity contribution is 0.0953. The summed E-state index contributed by atoms with van der Waals surface area (Å²) in [6.07, 6.45) is 9.33. The van der Waals surface area contributed by atoms with E-state index in [1.807, 2.05) is 54.3 Å². The van der Waals surface area contributed by atoms with Crippen LogP contribution in [0.25, 0.3) is 5.52 Å². The smallest absolute Gasteiger partial charge is 0.252 e. The summed E-state index contributed by atoms with van der Waals surface area (Å²) in [7, 11) is 0. The first-order valence-electron chi connectivity index (χ1n) is 7.07. The Morgan fingerprint density at radius 2 is 2.38 bits per heavy atom. The molecule has 5 heteroatoms. The number of nitrogens with zero attached hydrogens (tertiary/aromatic N) is 2. The van der Waals surface area contributed by atoms with E-state index in [9.17, 15) is 4.79 Å². The standard InChI is InChI=1S/C16H18N4O/c1-12-4-3-7-20-11-14(8-15(12)20)16(21)17-6-2-5-13-9-18-19-10-13/h3-4,7-11H,2,5-6H2,1H3,(H,17,21)(H,18,19). The van der Waals surface area contributed by atoms with E-state index in [2.05, 4.69) is 15.5 Å². The van der Waals surface area contributed by atoms with Crippen molar-refractivity contribution < 1.29 is 4.79 Å². The van der Waals surface area contributed by atoms with Gasteiger partial charge in [-0.2, -0.15) is 5.10 Å².